The lowest BCUT2D eigenvalue weighted by Crippen LogP contribution is -2.37. The molecule has 5 heteroatoms. The zero-order valence-electron chi connectivity index (χ0n) is 11.7. The minimum absolute atomic E-state index is 0.122. The Labute approximate surface area is 118 Å². The number of nitrogens with one attached hydrogen (secondary N) is 1. The molecule has 1 saturated heterocycles. The number of carbonyl (C=O) groups is 1. The van der Waals surface area contributed by atoms with Crippen LogP contribution in [0.2, 0.25) is 0 Å². The summed E-state index contributed by atoms with van der Waals surface area (Å²) in [5.41, 5.74) is 0.951. The fourth-order valence-corrected chi connectivity index (χ4v) is 2.32. The minimum atomic E-state index is -0.792. The standard InChI is InChI=1S/C15H21NO4/c1-19-13-6-4-11(5-7-15(17)18)9-14(13)20-12-3-2-8-16-10-12/h4,6,9,12,16H,2-3,5,7-8,10H2,1H3,(H,17,18). The summed E-state index contributed by atoms with van der Waals surface area (Å²) in [5.74, 6) is 0.596. The van der Waals surface area contributed by atoms with Crippen LogP contribution in [-0.4, -0.2) is 37.4 Å². The highest BCUT2D eigenvalue weighted by molar-refractivity contribution is 5.67. The molecule has 0 spiro atoms. The number of rotatable bonds is 6. The van der Waals surface area contributed by atoms with Crippen LogP contribution in [0.15, 0.2) is 18.2 Å². The summed E-state index contributed by atoms with van der Waals surface area (Å²) in [6.07, 6.45) is 2.89. The quantitative estimate of drug-likeness (QED) is 0.831. The first kappa shape index (κ1) is 14.7. The highest BCUT2D eigenvalue weighted by Gasteiger charge is 2.17. The number of hydrogen-bond acceptors (Lipinski definition) is 4. The molecular formula is C15H21NO4. The van der Waals surface area contributed by atoms with Gasteiger partial charge in [0.15, 0.2) is 11.5 Å². The van der Waals surface area contributed by atoms with E-state index in [0.29, 0.717) is 17.9 Å². The minimum Gasteiger partial charge on any atom is -0.493 e. The lowest BCUT2D eigenvalue weighted by Gasteiger charge is -2.25. The molecule has 1 unspecified atom stereocenters. The zero-order chi connectivity index (χ0) is 14.4. The van der Waals surface area contributed by atoms with E-state index in [1.54, 1.807) is 7.11 Å². The second-order valence-electron chi connectivity index (χ2n) is 4.97. The SMILES string of the molecule is COc1ccc(CCC(=O)O)cc1OC1CCCNC1. The molecule has 0 amide bonds. The van der Waals surface area contributed by atoms with Crippen LogP contribution in [0.5, 0.6) is 11.5 Å². The van der Waals surface area contributed by atoms with Gasteiger partial charge in [0.25, 0.3) is 0 Å². The van der Waals surface area contributed by atoms with E-state index in [1.807, 2.05) is 18.2 Å². The van der Waals surface area contributed by atoms with Crippen LogP contribution in [0.25, 0.3) is 0 Å². The van der Waals surface area contributed by atoms with Gasteiger partial charge in [-0.05, 0) is 43.5 Å². The fourth-order valence-electron chi connectivity index (χ4n) is 2.32. The third kappa shape index (κ3) is 4.13. The van der Waals surface area contributed by atoms with Gasteiger partial charge in [0.05, 0.1) is 7.11 Å². The van der Waals surface area contributed by atoms with Gasteiger partial charge in [-0.25, -0.2) is 0 Å². The van der Waals surface area contributed by atoms with Crippen LogP contribution in [0.4, 0.5) is 0 Å². The van der Waals surface area contributed by atoms with E-state index in [0.717, 1.165) is 31.5 Å². The van der Waals surface area contributed by atoms with Crippen molar-refractivity contribution in [3.8, 4) is 11.5 Å². The molecule has 2 N–H and O–H groups in total. The van der Waals surface area contributed by atoms with E-state index in [4.69, 9.17) is 14.6 Å². The molecule has 1 fully saturated rings. The van der Waals surface area contributed by atoms with E-state index in [2.05, 4.69) is 5.32 Å². The molecule has 1 heterocycles. The maximum absolute atomic E-state index is 10.6. The van der Waals surface area contributed by atoms with Crippen molar-refractivity contribution in [1.29, 1.82) is 0 Å². The van der Waals surface area contributed by atoms with Crippen molar-refractivity contribution in [1.82, 2.24) is 5.32 Å². The van der Waals surface area contributed by atoms with Crippen LogP contribution in [0.3, 0.4) is 0 Å². The summed E-state index contributed by atoms with van der Waals surface area (Å²) in [4.78, 5) is 10.6. The first-order chi connectivity index (χ1) is 9.69. The smallest absolute Gasteiger partial charge is 0.303 e. The van der Waals surface area contributed by atoms with E-state index in [-0.39, 0.29) is 12.5 Å². The number of benzene rings is 1. The van der Waals surface area contributed by atoms with Crippen LogP contribution in [0.1, 0.15) is 24.8 Å². The summed E-state index contributed by atoms with van der Waals surface area (Å²) >= 11 is 0. The number of hydrogen-bond donors (Lipinski definition) is 2. The molecule has 0 radical (unpaired) electrons. The van der Waals surface area contributed by atoms with Crippen molar-refractivity contribution in [2.24, 2.45) is 0 Å². The summed E-state index contributed by atoms with van der Waals surface area (Å²) < 4.78 is 11.3. The molecule has 0 aliphatic carbocycles. The molecule has 0 saturated carbocycles. The predicted molar refractivity (Wildman–Crippen MR) is 75.5 cm³/mol. The van der Waals surface area contributed by atoms with Gasteiger partial charge < -0.3 is 19.9 Å². The first-order valence-corrected chi connectivity index (χ1v) is 6.95. The van der Waals surface area contributed by atoms with Crippen LogP contribution >= 0.6 is 0 Å². The summed E-state index contributed by atoms with van der Waals surface area (Å²) in [6.45, 7) is 1.87. The molecule has 5 nitrogen and oxygen atoms in total. The Balaban J connectivity index is 2.07. The van der Waals surface area contributed by atoms with Crippen molar-refractivity contribution in [2.75, 3.05) is 20.2 Å². The second-order valence-corrected chi connectivity index (χ2v) is 4.97. The molecule has 0 bridgehead atoms. The Kier molecular flexibility index (Phi) is 5.24. The van der Waals surface area contributed by atoms with Gasteiger partial charge in [0.1, 0.15) is 6.10 Å². The topological polar surface area (TPSA) is 67.8 Å². The largest absolute Gasteiger partial charge is 0.493 e. The molecule has 1 aromatic rings. The molecule has 1 aromatic carbocycles. The lowest BCUT2D eigenvalue weighted by molar-refractivity contribution is -0.136. The van der Waals surface area contributed by atoms with Crippen LogP contribution in [0, 0.1) is 0 Å². The molecule has 1 aliphatic rings. The Morgan fingerprint density at radius 1 is 1.45 bits per heavy atom. The van der Waals surface area contributed by atoms with E-state index in [1.165, 1.54) is 0 Å². The predicted octanol–water partition coefficient (Wildman–Crippen LogP) is 1.84. The third-order valence-corrected chi connectivity index (χ3v) is 3.40. The van der Waals surface area contributed by atoms with Crippen molar-refractivity contribution in [2.45, 2.75) is 31.8 Å². The lowest BCUT2D eigenvalue weighted by atomic mass is 10.1. The van der Waals surface area contributed by atoms with Crippen molar-refractivity contribution in [3.63, 3.8) is 0 Å². The number of piperidine rings is 1. The molecule has 20 heavy (non-hydrogen) atoms. The number of aryl methyl sites for hydroxylation is 1. The molecule has 2 rings (SSSR count). The Morgan fingerprint density at radius 3 is 2.95 bits per heavy atom. The molecule has 1 atom stereocenters. The van der Waals surface area contributed by atoms with E-state index >= 15 is 0 Å². The van der Waals surface area contributed by atoms with Crippen molar-refractivity contribution < 1.29 is 19.4 Å². The molecule has 0 aromatic heterocycles. The van der Waals surface area contributed by atoms with Gasteiger partial charge >= 0.3 is 5.97 Å². The maximum atomic E-state index is 10.6. The number of methoxy groups -OCH3 is 1. The highest BCUT2D eigenvalue weighted by Crippen LogP contribution is 2.30. The van der Waals surface area contributed by atoms with E-state index < -0.39 is 5.97 Å². The number of aliphatic carboxylic acids is 1. The van der Waals surface area contributed by atoms with Gasteiger partial charge in [-0.2, -0.15) is 0 Å². The average Bonchev–Trinajstić information content (AvgIpc) is 2.46. The first-order valence-electron chi connectivity index (χ1n) is 6.95. The summed E-state index contributed by atoms with van der Waals surface area (Å²) in [5, 5.41) is 12.0. The van der Waals surface area contributed by atoms with Gasteiger partial charge in [0, 0.05) is 13.0 Å². The normalized spacial score (nSPS) is 18.6. The van der Waals surface area contributed by atoms with Crippen LogP contribution < -0.4 is 14.8 Å². The Morgan fingerprint density at radius 2 is 2.30 bits per heavy atom. The number of ether oxygens (including phenoxy) is 2. The number of carboxylic acids is 1. The average molecular weight is 279 g/mol. The third-order valence-electron chi connectivity index (χ3n) is 3.40. The van der Waals surface area contributed by atoms with Crippen molar-refractivity contribution >= 4 is 5.97 Å². The summed E-state index contributed by atoms with van der Waals surface area (Å²) in [6, 6.07) is 5.60. The maximum Gasteiger partial charge on any atom is 0.303 e. The van der Waals surface area contributed by atoms with E-state index in [9.17, 15) is 4.79 Å². The highest BCUT2D eigenvalue weighted by atomic mass is 16.5. The van der Waals surface area contributed by atoms with Crippen molar-refractivity contribution in [3.05, 3.63) is 23.8 Å². The van der Waals surface area contributed by atoms with Crippen LogP contribution in [-0.2, 0) is 11.2 Å². The molecular weight excluding hydrogens is 258 g/mol. The van der Waals surface area contributed by atoms with Gasteiger partial charge in [-0.1, -0.05) is 6.07 Å². The Bertz CT molecular complexity index is 455. The zero-order valence-corrected chi connectivity index (χ0v) is 11.7. The van der Waals surface area contributed by atoms with Gasteiger partial charge in [-0.15, -0.1) is 0 Å². The second kappa shape index (κ2) is 7.14. The molecule has 110 valence electrons. The molecule has 1 aliphatic heterocycles. The number of carboxylic acid groups (broad SMARTS) is 1. The monoisotopic (exact) mass is 279 g/mol. The fraction of sp³-hybridized carbons (Fsp3) is 0.533. The summed E-state index contributed by atoms with van der Waals surface area (Å²) in [7, 11) is 1.61. The van der Waals surface area contributed by atoms with Gasteiger partial charge in [-0.3, -0.25) is 4.79 Å². The Hall–Kier alpha value is -1.75. The van der Waals surface area contributed by atoms with Gasteiger partial charge in [0.2, 0.25) is 0 Å².